The molecule has 1 heterocycles. The summed E-state index contributed by atoms with van der Waals surface area (Å²) in [5.41, 5.74) is -0.750. The van der Waals surface area contributed by atoms with Gasteiger partial charge in [0, 0.05) is 19.5 Å². The van der Waals surface area contributed by atoms with E-state index >= 15 is 0 Å². The van der Waals surface area contributed by atoms with E-state index < -0.39 is 11.4 Å². The van der Waals surface area contributed by atoms with Crippen molar-refractivity contribution < 1.29 is 14.7 Å². The lowest BCUT2D eigenvalue weighted by molar-refractivity contribution is -0.153. The highest BCUT2D eigenvalue weighted by atomic mass is 16.4. The molecular formula is C12H19NO3. The van der Waals surface area contributed by atoms with Gasteiger partial charge in [0.2, 0.25) is 5.91 Å². The lowest BCUT2D eigenvalue weighted by atomic mass is 9.82. The minimum absolute atomic E-state index is 0.0433. The second-order valence-corrected chi connectivity index (χ2v) is 5.06. The number of carbonyl (C=O) groups is 2. The average molecular weight is 225 g/mol. The molecule has 16 heavy (non-hydrogen) atoms. The van der Waals surface area contributed by atoms with Crippen molar-refractivity contribution in [1.29, 1.82) is 0 Å². The van der Waals surface area contributed by atoms with Gasteiger partial charge in [-0.05, 0) is 25.7 Å². The number of amides is 1. The fourth-order valence-corrected chi connectivity index (χ4v) is 2.89. The summed E-state index contributed by atoms with van der Waals surface area (Å²) < 4.78 is 0. The molecule has 0 aromatic rings. The Bertz CT molecular complexity index is 289. The van der Waals surface area contributed by atoms with Gasteiger partial charge in [-0.15, -0.1) is 0 Å². The number of carboxylic acids is 1. The maximum Gasteiger partial charge on any atom is 0.310 e. The lowest BCUT2D eigenvalue weighted by Gasteiger charge is -2.26. The Morgan fingerprint density at radius 1 is 1.06 bits per heavy atom. The van der Waals surface area contributed by atoms with Gasteiger partial charge in [-0.2, -0.15) is 0 Å². The van der Waals surface area contributed by atoms with E-state index in [-0.39, 0.29) is 12.3 Å². The molecule has 1 amide bonds. The van der Waals surface area contributed by atoms with Crippen LogP contribution in [0.15, 0.2) is 0 Å². The van der Waals surface area contributed by atoms with E-state index in [0.29, 0.717) is 12.8 Å². The van der Waals surface area contributed by atoms with Crippen molar-refractivity contribution in [3.63, 3.8) is 0 Å². The van der Waals surface area contributed by atoms with Crippen LogP contribution in [0.4, 0.5) is 0 Å². The zero-order valence-corrected chi connectivity index (χ0v) is 9.57. The first-order chi connectivity index (χ1) is 7.64. The molecule has 0 bridgehead atoms. The summed E-state index contributed by atoms with van der Waals surface area (Å²) in [5.74, 6) is -0.737. The van der Waals surface area contributed by atoms with Gasteiger partial charge < -0.3 is 10.0 Å². The van der Waals surface area contributed by atoms with Crippen LogP contribution in [0.1, 0.15) is 44.9 Å². The molecule has 0 radical (unpaired) electrons. The molecule has 0 unspecified atom stereocenters. The molecule has 2 rings (SSSR count). The normalized spacial score (nSPS) is 23.6. The minimum atomic E-state index is -0.780. The minimum Gasteiger partial charge on any atom is -0.481 e. The van der Waals surface area contributed by atoms with Crippen LogP contribution < -0.4 is 0 Å². The van der Waals surface area contributed by atoms with Crippen LogP contribution in [0.25, 0.3) is 0 Å². The lowest BCUT2D eigenvalue weighted by Crippen LogP contribution is -2.37. The summed E-state index contributed by atoms with van der Waals surface area (Å²) in [4.78, 5) is 25.1. The van der Waals surface area contributed by atoms with Crippen molar-refractivity contribution >= 4 is 11.9 Å². The van der Waals surface area contributed by atoms with Gasteiger partial charge in [0.25, 0.3) is 0 Å². The first-order valence-corrected chi connectivity index (χ1v) is 6.15. The maximum absolute atomic E-state index is 12.0. The van der Waals surface area contributed by atoms with Crippen molar-refractivity contribution in [2.75, 3.05) is 13.1 Å². The first-order valence-electron chi connectivity index (χ1n) is 6.15. The first kappa shape index (κ1) is 11.4. The number of likely N-dealkylation sites (tertiary alicyclic amines) is 1. The highest BCUT2D eigenvalue weighted by molar-refractivity contribution is 5.85. The van der Waals surface area contributed by atoms with E-state index in [0.717, 1.165) is 38.8 Å². The van der Waals surface area contributed by atoms with Gasteiger partial charge in [-0.25, -0.2) is 0 Å². The smallest absolute Gasteiger partial charge is 0.310 e. The third-order valence-corrected chi connectivity index (χ3v) is 3.96. The molecule has 2 aliphatic rings. The second-order valence-electron chi connectivity index (χ2n) is 5.06. The Morgan fingerprint density at radius 2 is 1.62 bits per heavy atom. The van der Waals surface area contributed by atoms with Crippen LogP contribution in [0.3, 0.4) is 0 Å². The van der Waals surface area contributed by atoms with Crippen LogP contribution in [0, 0.1) is 5.41 Å². The molecular weight excluding hydrogens is 206 g/mol. The molecule has 2 fully saturated rings. The summed E-state index contributed by atoms with van der Waals surface area (Å²) in [5, 5.41) is 9.28. The van der Waals surface area contributed by atoms with Gasteiger partial charge in [-0.3, -0.25) is 9.59 Å². The van der Waals surface area contributed by atoms with Crippen LogP contribution >= 0.6 is 0 Å². The Balaban J connectivity index is 2.00. The van der Waals surface area contributed by atoms with Crippen LogP contribution in [0.2, 0.25) is 0 Å². The average Bonchev–Trinajstić information content (AvgIpc) is 2.88. The molecule has 0 aromatic heterocycles. The highest BCUT2D eigenvalue weighted by Gasteiger charge is 2.43. The van der Waals surface area contributed by atoms with E-state index in [1.54, 1.807) is 0 Å². The van der Waals surface area contributed by atoms with Crippen LogP contribution in [0.5, 0.6) is 0 Å². The molecule has 1 saturated carbocycles. The maximum atomic E-state index is 12.0. The van der Waals surface area contributed by atoms with E-state index in [2.05, 4.69) is 0 Å². The summed E-state index contributed by atoms with van der Waals surface area (Å²) >= 11 is 0. The van der Waals surface area contributed by atoms with E-state index in [1.165, 1.54) is 0 Å². The van der Waals surface area contributed by atoms with Crippen molar-refractivity contribution in [1.82, 2.24) is 4.90 Å². The number of hydrogen-bond donors (Lipinski definition) is 1. The van der Waals surface area contributed by atoms with Gasteiger partial charge in [0.15, 0.2) is 0 Å². The zero-order valence-electron chi connectivity index (χ0n) is 9.57. The van der Waals surface area contributed by atoms with Gasteiger partial charge in [-0.1, -0.05) is 12.8 Å². The van der Waals surface area contributed by atoms with Crippen molar-refractivity contribution in [3.05, 3.63) is 0 Å². The number of nitrogens with zero attached hydrogens (tertiary/aromatic N) is 1. The number of carbonyl (C=O) groups excluding carboxylic acids is 1. The fraction of sp³-hybridized carbons (Fsp3) is 0.833. The Morgan fingerprint density at radius 3 is 2.12 bits per heavy atom. The summed E-state index contributed by atoms with van der Waals surface area (Å²) in [7, 11) is 0. The summed E-state index contributed by atoms with van der Waals surface area (Å²) in [6, 6.07) is 0. The van der Waals surface area contributed by atoms with Crippen molar-refractivity contribution in [2.24, 2.45) is 5.41 Å². The molecule has 1 saturated heterocycles. The van der Waals surface area contributed by atoms with E-state index in [4.69, 9.17) is 0 Å². The standard InChI is InChI=1S/C12H19NO3/c14-10(13-7-3-4-8-13)9-12(11(15)16)5-1-2-6-12/h1-9H2,(H,15,16). The van der Waals surface area contributed by atoms with E-state index in [9.17, 15) is 14.7 Å². The fourth-order valence-electron chi connectivity index (χ4n) is 2.89. The number of rotatable bonds is 3. The Kier molecular flexibility index (Phi) is 3.17. The molecule has 0 spiro atoms. The monoisotopic (exact) mass is 225 g/mol. The molecule has 1 aliphatic carbocycles. The molecule has 90 valence electrons. The SMILES string of the molecule is O=C(CC1(C(=O)O)CCCC1)N1CCCC1. The number of carboxylic acid groups (broad SMARTS) is 1. The van der Waals surface area contributed by atoms with Crippen molar-refractivity contribution in [3.8, 4) is 0 Å². The van der Waals surface area contributed by atoms with E-state index in [1.807, 2.05) is 4.90 Å². The number of aliphatic carboxylic acids is 1. The molecule has 0 atom stereocenters. The van der Waals surface area contributed by atoms with Gasteiger partial charge in [0.1, 0.15) is 0 Å². The Hall–Kier alpha value is -1.06. The third kappa shape index (κ3) is 2.06. The summed E-state index contributed by atoms with van der Waals surface area (Å²) in [6.07, 6.45) is 5.56. The third-order valence-electron chi connectivity index (χ3n) is 3.96. The predicted octanol–water partition coefficient (Wildman–Crippen LogP) is 1.64. The second kappa shape index (κ2) is 4.44. The largest absolute Gasteiger partial charge is 0.481 e. The Labute approximate surface area is 95.6 Å². The van der Waals surface area contributed by atoms with Crippen LogP contribution in [-0.4, -0.2) is 35.0 Å². The van der Waals surface area contributed by atoms with Gasteiger partial charge in [0.05, 0.1) is 5.41 Å². The van der Waals surface area contributed by atoms with Crippen LogP contribution in [-0.2, 0) is 9.59 Å². The molecule has 1 aliphatic heterocycles. The highest BCUT2D eigenvalue weighted by Crippen LogP contribution is 2.41. The van der Waals surface area contributed by atoms with Gasteiger partial charge >= 0.3 is 5.97 Å². The zero-order chi connectivity index (χ0) is 11.6. The van der Waals surface area contributed by atoms with Crippen molar-refractivity contribution in [2.45, 2.75) is 44.9 Å². The molecule has 4 heteroatoms. The molecule has 0 aromatic carbocycles. The quantitative estimate of drug-likeness (QED) is 0.794. The summed E-state index contributed by atoms with van der Waals surface area (Å²) in [6.45, 7) is 1.63. The molecule has 1 N–H and O–H groups in total. The topological polar surface area (TPSA) is 57.6 Å². The molecule has 4 nitrogen and oxygen atoms in total. The number of hydrogen-bond acceptors (Lipinski definition) is 2. The predicted molar refractivity (Wildman–Crippen MR) is 59.0 cm³/mol.